The number of nitrogens with two attached hydrogens (primary N) is 2. The van der Waals surface area contributed by atoms with E-state index in [1.165, 1.54) is 11.1 Å². The number of anilines is 1. The van der Waals surface area contributed by atoms with Crippen molar-refractivity contribution < 1.29 is 5.32 Å². The SMILES string of the molecule is C[C@@H](Cc1ccccc1)[NH2+]CCc1ccc(N)cc1. The maximum Gasteiger partial charge on any atom is 0.0871 e. The Kier molecular flexibility index (Phi) is 4.99. The van der Waals surface area contributed by atoms with Crippen molar-refractivity contribution >= 4 is 5.69 Å². The predicted octanol–water partition coefficient (Wildman–Crippen LogP) is 2.01. The van der Waals surface area contributed by atoms with Crippen molar-refractivity contribution in [2.45, 2.75) is 25.8 Å². The Bertz CT molecular complexity index is 476. The highest BCUT2D eigenvalue weighted by Crippen LogP contribution is 2.05. The van der Waals surface area contributed by atoms with E-state index in [2.05, 4.69) is 54.7 Å². The van der Waals surface area contributed by atoms with E-state index in [4.69, 9.17) is 5.73 Å². The second kappa shape index (κ2) is 6.95. The molecule has 100 valence electrons. The van der Waals surface area contributed by atoms with Crippen molar-refractivity contribution in [3.63, 3.8) is 0 Å². The molecule has 4 N–H and O–H groups in total. The van der Waals surface area contributed by atoms with Gasteiger partial charge in [0.25, 0.3) is 0 Å². The van der Waals surface area contributed by atoms with E-state index in [-0.39, 0.29) is 0 Å². The summed E-state index contributed by atoms with van der Waals surface area (Å²) in [5, 5.41) is 2.42. The van der Waals surface area contributed by atoms with Gasteiger partial charge in [0.15, 0.2) is 0 Å². The fourth-order valence-corrected chi connectivity index (χ4v) is 2.29. The third-order valence-corrected chi connectivity index (χ3v) is 3.38. The van der Waals surface area contributed by atoms with Crippen molar-refractivity contribution in [3.8, 4) is 0 Å². The molecule has 0 heterocycles. The van der Waals surface area contributed by atoms with E-state index in [0.717, 1.165) is 25.1 Å². The first kappa shape index (κ1) is 13.6. The van der Waals surface area contributed by atoms with Crippen molar-refractivity contribution in [1.82, 2.24) is 0 Å². The smallest absolute Gasteiger partial charge is 0.0871 e. The largest absolute Gasteiger partial charge is 0.399 e. The Morgan fingerprint density at radius 2 is 1.63 bits per heavy atom. The van der Waals surface area contributed by atoms with Crippen LogP contribution in [0.5, 0.6) is 0 Å². The van der Waals surface area contributed by atoms with Gasteiger partial charge in [-0.05, 0) is 30.2 Å². The van der Waals surface area contributed by atoms with Gasteiger partial charge in [0.05, 0.1) is 12.6 Å². The molecule has 2 aromatic carbocycles. The lowest BCUT2D eigenvalue weighted by molar-refractivity contribution is -0.685. The van der Waals surface area contributed by atoms with Gasteiger partial charge in [-0.2, -0.15) is 0 Å². The molecule has 0 bridgehead atoms. The lowest BCUT2D eigenvalue weighted by Crippen LogP contribution is -2.90. The number of quaternary nitrogens is 1. The van der Waals surface area contributed by atoms with Crippen molar-refractivity contribution in [1.29, 1.82) is 0 Å². The van der Waals surface area contributed by atoms with Gasteiger partial charge >= 0.3 is 0 Å². The summed E-state index contributed by atoms with van der Waals surface area (Å²) in [6, 6.07) is 19.5. The summed E-state index contributed by atoms with van der Waals surface area (Å²) in [4.78, 5) is 0. The van der Waals surface area contributed by atoms with Crippen LogP contribution in [0, 0.1) is 0 Å². The van der Waals surface area contributed by atoms with Crippen LogP contribution in [0.2, 0.25) is 0 Å². The molecule has 0 aliphatic heterocycles. The Hall–Kier alpha value is -1.80. The van der Waals surface area contributed by atoms with E-state index in [0.29, 0.717) is 6.04 Å². The summed E-state index contributed by atoms with van der Waals surface area (Å²) in [5.41, 5.74) is 9.29. The Balaban J connectivity index is 1.72. The highest BCUT2D eigenvalue weighted by atomic mass is 14.9. The molecule has 0 saturated heterocycles. The second-order valence-electron chi connectivity index (χ2n) is 5.18. The number of nitrogen functional groups attached to an aromatic ring is 1. The molecular formula is C17H23N2+. The highest BCUT2D eigenvalue weighted by Gasteiger charge is 2.05. The standard InChI is InChI=1S/C17H22N2/c1-14(13-16-5-3-2-4-6-16)19-12-11-15-7-9-17(18)10-8-15/h2-10,14,19H,11-13,18H2,1H3/p+1/t14-/m0/s1. The van der Waals surface area contributed by atoms with E-state index in [9.17, 15) is 0 Å². The average Bonchev–Trinajstić information content (AvgIpc) is 2.42. The van der Waals surface area contributed by atoms with Crippen LogP contribution < -0.4 is 11.1 Å². The van der Waals surface area contributed by atoms with Gasteiger partial charge < -0.3 is 11.1 Å². The zero-order valence-corrected chi connectivity index (χ0v) is 11.5. The van der Waals surface area contributed by atoms with Gasteiger partial charge in [-0.3, -0.25) is 0 Å². The molecular weight excluding hydrogens is 232 g/mol. The molecule has 0 aromatic heterocycles. The van der Waals surface area contributed by atoms with Crippen LogP contribution in [0.15, 0.2) is 54.6 Å². The zero-order valence-electron chi connectivity index (χ0n) is 11.5. The normalized spacial score (nSPS) is 12.3. The van der Waals surface area contributed by atoms with Crippen molar-refractivity contribution in [3.05, 3.63) is 65.7 Å². The summed E-state index contributed by atoms with van der Waals surface area (Å²) >= 11 is 0. The predicted molar refractivity (Wildman–Crippen MR) is 81.0 cm³/mol. The zero-order chi connectivity index (χ0) is 13.5. The van der Waals surface area contributed by atoms with Crippen LogP contribution in [0.3, 0.4) is 0 Å². The van der Waals surface area contributed by atoms with E-state index in [1.54, 1.807) is 0 Å². The van der Waals surface area contributed by atoms with Crippen LogP contribution in [0.4, 0.5) is 5.69 Å². The van der Waals surface area contributed by atoms with Gasteiger partial charge in [0.1, 0.15) is 0 Å². The van der Waals surface area contributed by atoms with Gasteiger partial charge in [-0.25, -0.2) is 0 Å². The molecule has 19 heavy (non-hydrogen) atoms. The van der Waals surface area contributed by atoms with Crippen molar-refractivity contribution in [2.75, 3.05) is 12.3 Å². The second-order valence-corrected chi connectivity index (χ2v) is 5.18. The van der Waals surface area contributed by atoms with Gasteiger partial charge in [-0.1, -0.05) is 42.5 Å². The number of hydrogen-bond acceptors (Lipinski definition) is 1. The molecule has 0 radical (unpaired) electrons. The molecule has 0 saturated carbocycles. The minimum atomic E-state index is 0.621. The Morgan fingerprint density at radius 3 is 2.32 bits per heavy atom. The lowest BCUT2D eigenvalue weighted by Gasteiger charge is -2.11. The Morgan fingerprint density at radius 1 is 0.947 bits per heavy atom. The maximum atomic E-state index is 5.68. The van der Waals surface area contributed by atoms with E-state index < -0.39 is 0 Å². The number of rotatable bonds is 6. The topological polar surface area (TPSA) is 42.6 Å². The third-order valence-electron chi connectivity index (χ3n) is 3.38. The molecule has 2 rings (SSSR count). The molecule has 0 aliphatic carbocycles. The lowest BCUT2D eigenvalue weighted by atomic mass is 10.1. The molecule has 1 atom stereocenters. The molecule has 0 spiro atoms. The number of hydrogen-bond donors (Lipinski definition) is 2. The van der Waals surface area contributed by atoms with Gasteiger partial charge in [0.2, 0.25) is 0 Å². The molecule has 0 unspecified atom stereocenters. The van der Waals surface area contributed by atoms with Gasteiger partial charge in [-0.15, -0.1) is 0 Å². The maximum absolute atomic E-state index is 5.68. The van der Waals surface area contributed by atoms with Crippen molar-refractivity contribution in [2.24, 2.45) is 0 Å². The summed E-state index contributed by atoms with van der Waals surface area (Å²) in [5.74, 6) is 0. The molecule has 0 amide bonds. The summed E-state index contributed by atoms with van der Waals surface area (Å²) < 4.78 is 0. The molecule has 2 aromatic rings. The van der Waals surface area contributed by atoms with Crippen LogP contribution in [-0.4, -0.2) is 12.6 Å². The number of benzene rings is 2. The molecule has 0 fully saturated rings. The summed E-state index contributed by atoms with van der Waals surface area (Å²) in [6.07, 6.45) is 2.22. The molecule has 0 aliphatic rings. The fourth-order valence-electron chi connectivity index (χ4n) is 2.29. The first-order valence-electron chi connectivity index (χ1n) is 6.96. The monoisotopic (exact) mass is 255 g/mol. The third kappa shape index (κ3) is 4.76. The minimum Gasteiger partial charge on any atom is -0.399 e. The molecule has 2 nitrogen and oxygen atoms in total. The van der Waals surface area contributed by atoms with E-state index in [1.807, 2.05) is 12.1 Å². The van der Waals surface area contributed by atoms with Crippen LogP contribution >= 0.6 is 0 Å². The van der Waals surface area contributed by atoms with Crippen LogP contribution in [0.25, 0.3) is 0 Å². The van der Waals surface area contributed by atoms with Gasteiger partial charge in [0, 0.05) is 18.5 Å². The summed E-state index contributed by atoms with van der Waals surface area (Å²) in [7, 11) is 0. The molecule has 2 heteroatoms. The highest BCUT2D eigenvalue weighted by molar-refractivity contribution is 5.39. The first-order chi connectivity index (χ1) is 9.24. The Labute approximate surface area is 115 Å². The minimum absolute atomic E-state index is 0.621. The first-order valence-corrected chi connectivity index (χ1v) is 6.96. The van der Waals surface area contributed by atoms with E-state index >= 15 is 0 Å². The fraction of sp³-hybridized carbons (Fsp3) is 0.294. The quantitative estimate of drug-likeness (QED) is 0.762. The average molecular weight is 255 g/mol. The summed E-state index contributed by atoms with van der Waals surface area (Å²) in [6.45, 7) is 3.41. The van der Waals surface area contributed by atoms with Crippen LogP contribution in [0.1, 0.15) is 18.1 Å². The van der Waals surface area contributed by atoms with Crippen LogP contribution in [-0.2, 0) is 12.8 Å².